The minimum Gasteiger partial charge on any atom is -0.381 e. The zero-order valence-corrected chi connectivity index (χ0v) is 22.7. The fourth-order valence-corrected chi connectivity index (χ4v) is 8.91. The molecule has 2 aliphatic heterocycles. The van der Waals surface area contributed by atoms with E-state index in [1.165, 1.54) is 24.3 Å². The van der Waals surface area contributed by atoms with Crippen LogP contribution in [0.1, 0.15) is 31.7 Å². The van der Waals surface area contributed by atoms with Crippen LogP contribution >= 0.6 is 11.3 Å². The van der Waals surface area contributed by atoms with Crippen LogP contribution in [0.25, 0.3) is 21.8 Å². The maximum atomic E-state index is 15.7. The van der Waals surface area contributed by atoms with Gasteiger partial charge in [0.1, 0.15) is 0 Å². The summed E-state index contributed by atoms with van der Waals surface area (Å²) in [7, 11) is -2.95. The van der Waals surface area contributed by atoms with E-state index in [4.69, 9.17) is 14.7 Å². The number of carbonyl (C=O) groups is 1. The molecule has 38 heavy (non-hydrogen) atoms. The van der Waals surface area contributed by atoms with Gasteiger partial charge >= 0.3 is 0 Å². The summed E-state index contributed by atoms with van der Waals surface area (Å²) in [6.07, 6.45) is 3.25. The fraction of sp³-hybridized carbons (Fsp3) is 0.462. The predicted molar refractivity (Wildman–Crippen MR) is 143 cm³/mol. The molecule has 4 heterocycles. The average Bonchev–Trinajstić information content (AvgIpc) is 3.21. The Morgan fingerprint density at radius 2 is 1.89 bits per heavy atom. The van der Waals surface area contributed by atoms with Gasteiger partial charge in [0, 0.05) is 43.4 Å². The molecule has 1 aromatic carbocycles. The minimum atomic E-state index is -2.95. The lowest BCUT2D eigenvalue weighted by atomic mass is 9.83. The van der Waals surface area contributed by atoms with Gasteiger partial charge in [-0.05, 0) is 42.9 Å². The van der Waals surface area contributed by atoms with E-state index in [-0.39, 0.29) is 52.0 Å². The zero-order chi connectivity index (χ0) is 26.7. The van der Waals surface area contributed by atoms with Gasteiger partial charge in [-0.25, -0.2) is 27.8 Å². The van der Waals surface area contributed by atoms with Crippen LogP contribution in [-0.4, -0.2) is 60.0 Å². The largest absolute Gasteiger partial charge is 0.381 e. The van der Waals surface area contributed by atoms with Crippen LogP contribution in [0.15, 0.2) is 30.5 Å². The summed E-state index contributed by atoms with van der Waals surface area (Å²) in [4.78, 5) is 26.4. The van der Waals surface area contributed by atoms with Gasteiger partial charge in [-0.2, -0.15) is 0 Å². The second-order valence-corrected chi connectivity index (χ2v) is 13.7. The van der Waals surface area contributed by atoms with E-state index < -0.39 is 15.7 Å². The number of hydrogen-bond donors (Lipinski definition) is 2. The van der Waals surface area contributed by atoms with Crippen molar-refractivity contribution in [1.29, 1.82) is 0 Å². The smallest absolute Gasteiger partial charge is 0.223 e. The van der Waals surface area contributed by atoms with E-state index >= 15 is 4.39 Å². The van der Waals surface area contributed by atoms with Crippen molar-refractivity contribution in [2.45, 2.75) is 38.1 Å². The third-order valence-electron chi connectivity index (χ3n) is 7.71. The molecule has 3 atom stereocenters. The first-order valence-corrected chi connectivity index (χ1v) is 15.2. The highest BCUT2D eigenvalue weighted by molar-refractivity contribution is 7.91. The number of anilines is 2. The molecule has 0 unspecified atom stereocenters. The summed E-state index contributed by atoms with van der Waals surface area (Å²) in [5, 5.41) is 6.73. The van der Waals surface area contributed by atoms with Gasteiger partial charge in [-0.15, -0.1) is 11.3 Å². The average molecular weight is 558 g/mol. The Hall–Kier alpha value is -2.96. The lowest BCUT2D eigenvalue weighted by Gasteiger charge is -2.31. The first-order valence-electron chi connectivity index (χ1n) is 12.6. The summed E-state index contributed by atoms with van der Waals surface area (Å²) in [5.41, 5.74) is 1.21. The molecule has 3 aromatic rings. The van der Waals surface area contributed by atoms with E-state index in [2.05, 4.69) is 22.5 Å². The van der Waals surface area contributed by atoms with Gasteiger partial charge < -0.3 is 15.4 Å². The Balaban J connectivity index is 1.39. The molecule has 2 aromatic heterocycles. The molecule has 3 fully saturated rings. The lowest BCUT2D eigenvalue weighted by Crippen LogP contribution is -2.30. The first-order chi connectivity index (χ1) is 18.1. The second kappa shape index (κ2) is 9.35. The number of nitrogens with zero attached hydrogens (tertiary/aromatic N) is 3. The minimum absolute atomic E-state index is 0.0400. The molecule has 6 rings (SSSR count). The highest BCUT2D eigenvalue weighted by atomic mass is 32.2. The van der Waals surface area contributed by atoms with Crippen LogP contribution in [-0.2, 0) is 24.8 Å². The summed E-state index contributed by atoms with van der Waals surface area (Å²) in [6.45, 7) is 4.75. The molecule has 2 N–H and O–H groups in total. The summed E-state index contributed by atoms with van der Waals surface area (Å²) in [6, 6.07) is 6.67. The molecule has 0 spiro atoms. The van der Waals surface area contributed by atoms with Gasteiger partial charge in [0.15, 0.2) is 15.7 Å². The molecule has 1 amide bonds. The molecule has 1 saturated carbocycles. The van der Waals surface area contributed by atoms with E-state index in [1.54, 1.807) is 24.4 Å². The molecule has 0 bridgehead atoms. The molecule has 200 valence electrons. The molecular formula is C26H28FN5O4S2. The number of benzene rings is 1. The van der Waals surface area contributed by atoms with Crippen LogP contribution in [0.2, 0.25) is 0 Å². The van der Waals surface area contributed by atoms with Gasteiger partial charge in [-0.1, -0.05) is 13.0 Å². The predicted octanol–water partition coefficient (Wildman–Crippen LogP) is 3.89. The number of ether oxygens (including phenoxy) is 1. The molecule has 9 nitrogen and oxygen atoms in total. The second-order valence-electron chi connectivity index (χ2n) is 10.6. The Morgan fingerprint density at radius 1 is 1.16 bits per heavy atom. The number of hydrogen-bond acceptors (Lipinski definition) is 9. The van der Waals surface area contributed by atoms with Crippen LogP contribution in [0.3, 0.4) is 0 Å². The molecule has 0 radical (unpaired) electrons. The molecule has 2 saturated heterocycles. The summed E-state index contributed by atoms with van der Waals surface area (Å²) in [5.74, 6) is 0.0721. The Labute approximate surface area is 224 Å². The maximum Gasteiger partial charge on any atom is 0.223 e. The van der Waals surface area contributed by atoms with Gasteiger partial charge in [-0.3, -0.25) is 4.79 Å². The SMILES string of the molecule is CC(=O)Nc1cccc(-c2nc(C3(C)CCOCC3)sc2-c2ccnc(N[C@@H]3[C@@H]4CS(=O)(=O)C[C@@H]43)n2)c1F. The van der Waals surface area contributed by atoms with Gasteiger partial charge in [0.2, 0.25) is 11.9 Å². The highest BCUT2D eigenvalue weighted by Gasteiger charge is 2.59. The summed E-state index contributed by atoms with van der Waals surface area (Å²) < 4.78 is 44.9. The molecular weight excluding hydrogens is 529 g/mol. The van der Waals surface area contributed by atoms with Crippen LogP contribution in [0.5, 0.6) is 0 Å². The van der Waals surface area contributed by atoms with Gasteiger partial charge in [0.05, 0.1) is 38.5 Å². The van der Waals surface area contributed by atoms with E-state index in [0.717, 1.165) is 17.8 Å². The number of halogens is 1. The van der Waals surface area contributed by atoms with Crippen molar-refractivity contribution >= 4 is 38.7 Å². The van der Waals surface area contributed by atoms with Crippen molar-refractivity contribution in [3.8, 4) is 21.8 Å². The third kappa shape index (κ3) is 4.69. The number of carbonyl (C=O) groups excluding carboxylic acids is 1. The number of amides is 1. The van der Waals surface area contributed by atoms with Crippen molar-refractivity contribution in [3.05, 3.63) is 41.3 Å². The Bertz CT molecular complexity index is 1500. The zero-order valence-electron chi connectivity index (χ0n) is 21.0. The molecule has 3 aliphatic rings. The van der Waals surface area contributed by atoms with Crippen molar-refractivity contribution in [3.63, 3.8) is 0 Å². The normalized spacial score (nSPS) is 25.0. The lowest BCUT2D eigenvalue weighted by molar-refractivity contribution is -0.114. The standard InChI is InChI=1S/C26H28FN5O4S2/c1-14(33)29-18-5-3-4-15(20(18)27)22-23(37-24(31-22)26(2)7-10-36-11-8-26)19-6-9-28-25(30-19)32-21-16-12-38(34,35)13-17(16)21/h3-6,9,16-17,21H,7-8,10-13H2,1-2H3,(H,29,33)(H,28,30,32)/t16-,17+,21-. The number of aromatic nitrogens is 3. The van der Waals surface area contributed by atoms with E-state index in [0.29, 0.717) is 35.4 Å². The van der Waals surface area contributed by atoms with Crippen molar-refractivity contribution < 1.29 is 22.3 Å². The monoisotopic (exact) mass is 557 g/mol. The number of fused-ring (bicyclic) bond motifs is 1. The van der Waals surface area contributed by atoms with Crippen LogP contribution < -0.4 is 10.6 Å². The number of nitrogens with one attached hydrogen (secondary N) is 2. The maximum absolute atomic E-state index is 15.7. The van der Waals surface area contributed by atoms with E-state index in [1.807, 2.05) is 0 Å². The Morgan fingerprint density at radius 3 is 2.61 bits per heavy atom. The third-order valence-corrected chi connectivity index (χ3v) is 10.9. The molecule has 12 heteroatoms. The van der Waals surface area contributed by atoms with Gasteiger partial charge in [0.25, 0.3) is 0 Å². The van der Waals surface area contributed by atoms with Crippen LogP contribution in [0, 0.1) is 17.7 Å². The van der Waals surface area contributed by atoms with Crippen LogP contribution in [0.4, 0.5) is 16.0 Å². The highest BCUT2D eigenvalue weighted by Crippen LogP contribution is 2.49. The van der Waals surface area contributed by atoms with Crippen molar-refractivity contribution in [2.75, 3.05) is 35.4 Å². The topological polar surface area (TPSA) is 123 Å². The van der Waals surface area contributed by atoms with Crippen molar-refractivity contribution in [2.24, 2.45) is 11.8 Å². The van der Waals surface area contributed by atoms with E-state index in [9.17, 15) is 13.2 Å². The van der Waals surface area contributed by atoms with Crippen molar-refractivity contribution in [1.82, 2.24) is 15.0 Å². The number of sulfone groups is 1. The fourth-order valence-electron chi connectivity index (χ4n) is 5.44. The number of rotatable bonds is 6. The quantitative estimate of drug-likeness (QED) is 0.468. The first kappa shape index (κ1) is 25.3. The Kier molecular flexibility index (Phi) is 6.23. The number of thiazole rings is 1. The summed E-state index contributed by atoms with van der Waals surface area (Å²) >= 11 is 1.48. The molecule has 1 aliphatic carbocycles.